The van der Waals surface area contributed by atoms with Crippen molar-refractivity contribution in [1.82, 2.24) is 14.8 Å². The maximum atomic E-state index is 12.3. The lowest BCUT2D eigenvalue weighted by Gasteiger charge is -2.24. The van der Waals surface area contributed by atoms with Crippen LogP contribution in [0.4, 0.5) is 5.69 Å². The molecule has 1 aromatic rings. The summed E-state index contributed by atoms with van der Waals surface area (Å²) >= 11 is 1.46. The molecule has 1 atom stereocenters. The molecule has 23 heavy (non-hydrogen) atoms. The Balaban J connectivity index is 1.85. The molecule has 1 amide bonds. The summed E-state index contributed by atoms with van der Waals surface area (Å²) < 4.78 is 6.73. The van der Waals surface area contributed by atoms with Crippen molar-refractivity contribution in [1.29, 1.82) is 0 Å². The number of anilines is 1. The van der Waals surface area contributed by atoms with Crippen molar-refractivity contribution in [3.63, 3.8) is 0 Å². The molecule has 1 fully saturated rings. The van der Waals surface area contributed by atoms with Crippen LogP contribution in [-0.4, -0.2) is 24.5 Å². The van der Waals surface area contributed by atoms with E-state index in [0.717, 1.165) is 11.3 Å². The van der Waals surface area contributed by atoms with E-state index in [-0.39, 0.29) is 11.9 Å². The first-order chi connectivity index (χ1) is 11.2. The number of carbonyl (C=O) groups excluding carboxylic acids is 1. The Bertz CT molecular complexity index is 474. The molecule has 0 bridgehead atoms. The standard InChI is InChI=1S/C17H28N4OS/c1-2-19-17(22)16(12-13-8-10-14(18)11-9-13)21-23-20-15-6-4-3-5-7-15/h8-11,15-16,20-21H,2-7,12,18H2,1H3,(H,19,22). The molecular weight excluding hydrogens is 308 g/mol. The molecular formula is C17H28N4OS. The van der Waals surface area contributed by atoms with E-state index in [2.05, 4.69) is 14.8 Å². The second-order valence-electron chi connectivity index (χ2n) is 6.07. The van der Waals surface area contributed by atoms with E-state index in [0.29, 0.717) is 19.0 Å². The predicted octanol–water partition coefficient (Wildman–Crippen LogP) is 2.39. The summed E-state index contributed by atoms with van der Waals surface area (Å²) in [4.78, 5) is 12.3. The summed E-state index contributed by atoms with van der Waals surface area (Å²) in [6, 6.07) is 7.98. The minimum atomic E-state index is -0.264. The fraction of sp³-hybridized carbons (Fsp3) is 0.588. The lowest BCUT2D eigenvalue weighted by Crippen LogP contribution is -2.44. The molecule has 0 aliphatic heterocycles. The smallest absolute Gasteiger partial charge is 0.238 e. The van der Waals surface area contributed by atoms with Crippen molar-refractivity contribution < 1.29 is 4.79 Å². The highest BCUT2D eigenvalue weighted by atomic mass is 32.2. The van der Waals surface area contributed by atoms with Crippen LogP contribution in [-0.2, 0) is 11.2 Å². The molecule has 0 spiro atoms. The first kappa shape index (κ1) is 18.1. The molecule has 1 saturated carbocycles. The molecule has 5 nitrogen and oxygen atoms in total. The van der Waals surface area contributed by atoms with Gasteiger partial charge in [0.25, 0.3) is 0 Å². The molecule has 1 aliphatic carbocycles. The SMILES string of the molecule is CCNC(=O)C(Cc1ccc(N)cc1)NSNC1CCCCC1. The number of hydrogen-bond donors (Lipinski definition) is 4. The third-order valence-corrected chi connectivity index (χ3v) is 4.97. The molecule has 1 aliphatic rings. The Hall–Kier alpha value is -1.24. The number of likely N-dealkylation sites (N-methyl/N-ethyl adjacent to an activating group) is 1. The first-order valence-corrected chi connectivity index (χ1v) is 9.29. The molecule has 5 N–H and O–H groups in total. The zero-order valence-corrected chi connectivity index (χ0v) is 14.6. The van der Waals surface area contributed by atoms with Gasteiger partial charge in [-0.1, -0.05) is 31.4 Å². The van der Waals surface area contributed by atoms with Crippen molar-refractivity contribution >= 4 is 23.7 Å². The van der Waals surface area contributed by atoms with Gasteiger partial charge in [-0.15, -0.1) is 0 Å². The number of nitrogens with one attached hydrogen (secondary N) is 3. The zero-order chi connectivity index (χ0) is 16.5. The zero-order valence-electron chi connectivity index (χ0n) is 13.8. The molecule has 128 valence electrons. The number of carbonyl (C=O) groups is 1. The molecule has 0 heterocycles. The summed E-state index contributed by atoms with van der Waals surface area (Å²) in [7, 11) is 0. The van der Waals surface area contributed by atoms with Gasteiger partial charge in [0.2, 0.25) is 5.91 Å². The van der Waals surface area contributed by atoms with E-state index >= 15 is 0 Å². The van der Waals surface area contributed by atoms with Gasteiger partial charge in [-0.2, -0.15) is 0 Å². The largest absolute Gasteiger partial charge is 0.399 e. The molecule has 0 saturated heterocycles. The molecule has 0 aromatic heterocycles. The number of amides is 1. The van der Waals surface area contributed by atoms with Crippen molar-refractivity contribution in [3.8, 4) is 0 Å². The summed E-state index contributed by atoms with van der Waals surface area (Å²) in [6.45, 7) is 2.57. The fourth-order valence-electron chi connectivity index (χ4n) is 2.78. The topological polar surface area (TPSA) is 79.2 Å². The Labute approximate surface area is 143 Å². The molecule has 2 rings (SSSR count). The Morgan fingerprint density at radius 2 is 1.96 bits per heavy atom. The summed E-state index contributed by atoms with van der Waals surface area (Å²) in [6.07, 6.45) is 7.02. The van der Waals surface area contributed by atoms with Crippen molar-refractivity contribution in [3.05, 3.63) is 29.8 Å². The van der Waals surface area contributed by atoms with Gasteiger partial charge in [0, 0.05) is 30.4 Å². The highest BCUT2D eigenvalue weighted by molar-refractivity contribution is 7.95. The van der Waals surface area contributed by atoms with E-state index in [1.165, 1.54) is 44.2 Å². The predicted molar refractivity (Wildman–Crippen MR) is 97.8 cm³/mol. The van der Waals surface area contributed by atoms with Gasteiger partial charge in [-0.25, -0.2) is 9.44 Å². The third-order valence-electron chi connectivity index (χ3n) is 4.12. The van der Waals surface area contributed by atoms with Crippen molar-refractivity contribution in [2.45, 2.75) is 57.5 Å². The Morgan fingerprint density at radius 1 is 1.26 bits per heavy atom. The Kier molecular flexibility index (Phi) is 7.71. The van der Waals surface area contributed by atoms with Crippen LogP contribution in [0.15, 0.2) is 24.3 Å². The van der Waals surface area contributed by atoms with E-state index in [1.807, 2.05) is 31.2 Å². The second-order valence-corrected chi connectivity index (χ2v) is 6.74. The van der Waals surface area contributed by atoms with E-state index in [1.54, 1.807) is 0 Å². The molecule has 6 heteroatoms. The number of nitrogens with two attached hydrogens (primary N) is 1. The molecule has 0 radical (unpaired) electrons. The highest BCUT2D eigenvalue weighted by Crippen LogP contribution is 2.19. The van der Waals surface area contributed by atoms with Gasteiger partial charge in [-0.3, -0.25) is 4.79 Å². The van der Waals surface area contributed by atoms with Gasteiger partial charge < -0.3 is 11.1 Å². The quantitative estimate of drug-likeness (QED) is 0.433. The summed E-state index contributed by atoms with van der Waals surface area (Å²) in [5.41, 5.74) is 7.56. The fourth-order valence-corrected chi connectivity index (χ4v) is 3.59. The van der Waals surface area contributed by atoms with Crippen molar-refractivity contribution in [2.75, 3.05) is 12.3 Å². The molecule has 1 unspecified atom stereocenters. The normalized spacial score (nSPS) is 16.9. The maximum absolute atomic E-state index is 12.3. The average Bonchev–Trinajstić information content (AvgIpc) is 2.57. The lowest BCUT2D eigenvalue weighted by atomic mass is 9.96. The van der Waals surface area contributed by atoms with Crippen LogP contribution in [0, 0.1) is 0 Å². The number of nitrogen functional groups attached to an aromatic ring is 1. The van der Waals surface area contributed by atoms with E-state index < -0.39 is 0 Å². The van der Waals surface area contributed by atoms with Crippen LogP contribution in [0.25, 0.3) is 0 Å². The molecule has 1 aromatic carbocycles. The monoisotopic (exact) mass is 336 g/mol. The van der Waals surface area contributed by atoms with Crippen LogP contribution in [0.1, 0.15) is 44.6 Å². The number of benzene rings is 1. The number of rotatable bonds is 8. The first-order valence-electron chi connectivity index (χ1n) is 8.48. The van der Waals surface area contributed by atoms with Gasteiger partial charge in [0.1, 0.15) is 6.04 Å². The van der Waals surface area contributed by atoms with Crippen LogP contribution in [0.3, 0.4) is 0 Å². The van der Waals surface area contributed by atoms with Gasteiger partial charge in [-0.05, 0) is 43.9 Å². The highest BCUT2D eigenvalue weighted by Gasteiger charge is 2.19. The summed E-state index contributed by atoms with van der Waals surface area (Å²) in [5.74, 6) is 0.0299. The lowest BCUT2D eigenvalue weighted by molar-refractivity contribution is -0.122. The summed E-state index contributed by atoms with van der Waals surface area (Å²) in [5, 5.41) is 2.90. The van der Waals surface area contributed by atoms with Crippen LogP contribution in [0.2, 0.25) is 0 Å². The minimum Gasteiger partial charge on any atom is -0.399 e. The van der Waals surface area contributed by atoms with Gasteiger partial charge in [0.05, 0.1) is 0 Å². The van der Waals surface area contributed by atoms with Gasteiger partial charge >= 0.3 is 0 Å². The minimum absolute atomic E-state index is 0.0299. The van der Waals surface area contributed by atoms with Crippen LogP contribution < -0.4 is 20.5 Å². The van der Waals surface area contributed by atoms with Crippen LogP contribution in [0.5, 0.6) is 0 Å². The Morgan fingerprint density at radius 3 is 2.61 bits per heavy atom. The van der Waals surface area contributed by atoms with Crippen molar-refractivity contribution in [2.24, 2.45) is 0 Å². The number of hydrogen-bond acceptors (Lipinski definition) is 5. The van der Waals surface area contributed by atoms with E-state index in [4.69, 9.17) is 5.73 Å². The van der Waals surface area contributed by atoms with Crippen LogP contribution >= 0.6 is 12.1 Å². The van der Waals surface area contributed by atoms with Gasteiger partial charge in [0.15, 0.2) is 0 Å². The second kappa shape index (κ2) is 9.80. The van der Waals surface area contributed by atoms with E-state index in [9.17, 15) is 4.79 Å². The third kappa shape index (κ3) is 6.41. The maximum Gasteiger partial charge on any atom is 0.238 e. The average molecular weight is 337 g/mol.